The van der Waals surface area contributed by atoms with E-state index in [1.165, 1.54) is 38.1 Å². The molecule has 0 heterocycles. The molecule has 34 heavy (non-hydrogen) atoms. The Morgan fingerprint density at radius 2 is 1.38 bits per heavy atom. The molecule has 0 spiro atoms. The van der Waals surface area contributed by atoms with Gasteiger partial charge in [-0.15, -0.1) is 0 Å². The van der Waals surface area contributed by atoms with Gasteiger partial charge in [-0.25, -0.2) is 0 Å². The second kappa shape index (κ2) is 12.9. The minimum Gasteiger partial charge on any atom is -0.481 e. The van der Waals surface area contributed by atoms with Crippen molar-refractivity contribution in [3.05, 3.63) is 34.4 Å². The quantitative estimate of drug-likeness (QED) is 0.211. The summed E-state index contributed by atoms with van der Waals surface area (Å²) < 4.78 is 0. The molecule has 0 aromatic heterocycles. The highest BCUT2D eigenvalue weighted by molar-refractivity contribution is 5.99. The monoisotopic (exact) mass is 479 g/mol. The molecule has 5 N–H and O–H groups in total. The molecule has 0 saturated carbocycles. The highest BCUT2D eigenvalue weighted by Gasteiger charge is 2.28. The van der Waals surface area contributed by atoms with Crippen molar-refractivity contribution in [1.29, 1.82) is 0 Å². The van der Waals surface area contributed by atoms with Crippen LogP contribution in [-0.4, -0.2) is 57.8 Å². The zero-order valence-electron chi connectivity index (χ0n) is 19.3. The van der Waals surface area contributed by atoms with Gasteiger partial charge in [0.2, 0.25) is 23.6 Å². The number of carboxylic acids is 1. The minimum atomic E-state index is -1.14. The van der Waals surface area contributed by atoms with E-state index in [-0.39, 0.29) is 24.4 Å². The maximum absolute atomic E-state index is 12.7. The number of amides is 4. The fraction of sp³-hybridized carbons (Fsp3) is 0.476. The second-order valence-electron chi connectivity index (χ2n) is 7.94. The number of nitrogens with one attached hydrogen (secondary N) is 4. The highest BCUT2D eigenvalue weighted by atomic mass is 16.6. The Labute approximate surface area is 195 Å². The number of carbonyl (C=O) groups excluding carboxylic acids is 4. The third-order valence-electron chi connectivity index (χ3n) is 4.68. The Balaban J connectivity index is 2.67. The first-order chi connectivity index (χ1) is 15.8. The van der Waals surface area contributed by atoms with E-state index < -0.39 is 52.6 Å². The summed E-state index contributed by atoms with van der Waals surface area (Å²) in [5.41, 5.74) is 0.174. The first-order valence-corrected chi connectivity index (χ1v) is 10.5. The van der Waals surface area contributed by atoms with Crippen molar-refractivity contribution in [2.75, 3.05) is 5.32 Å². The highest BCUT2D eigenvalue weighted by Crippen LogP contribution is 2.16. The van der Waals surface area contributed by atoms with Crippen molar-refractivity contribution in [2.24, 2.45) is 5.92 Å². The van der Waals surface area contributed by atoms with Gasteiger partial charge in [0.25, 0.3) is 5.69 Å². The van der Waals surface area contributed by atoms with Crippen LogP contribution in [-0.2, 0) is 24.0 Å². The molecule has 0 aliphatic heterocycles. The van der Waals surface area contributed by atoms with Crippen molar-refractivity contribution in [3.63, 3.8) is 0 Å². The molecule has 1 aromatic carbocycles. The number of nitro benzene ring substituents is 1. The summed E-state index contributed by atoms with van der Waals surface area (Å²) in [6.45, 7) is 6.20. The molecule has 0 fully saturated rings. The zero-order chi connectivity index (χ0) is 26.0. The molecule has 1 aromatic rings. The summed E-state index contributed by atoms with van der Waals surface area (Å²) in [5, 5.41) is 29.2. The van der Waals surface area contributed by atoms with Crippen LogP contribution in [0.2, 0.25) is 0 Å². The van der Waals surface area contributed by atoms with Gasteiger partial charge in [-0.2, -0.15) is 0 Å². The third kappa shape index (κ3) is 9.22. The first-order valence-electron chi connectivity index (χ1n) is 10.5. The molecule has 0 radical (unpaired) electrons. The van der Waals surface area contributed by atoms with E-state index in [1.807, 2.05) is 0 Å². The van der Waals surface area contributed by atoms with E-state index in [9.17, 15) is 34.1 Å². The Kier molecular flexibility index (Phi) is 10.6. The Morgan fingerprint density at radius 3 is 1.88 bits per heavy atom. The molecule has 186 valence electrons. The Hall–Kier alpha value is -4.03. The summed E-state index contributed by atoms with van der Waals surface area (Å²) in [7, 11) is 0. The fourth-order valence-corrected chi connectivity index (χ4v) is 2.70. The average Bonchev–Trinajstić information content (AvgIpc) is 2.75. The lowest BCUT2D eigenvalue weighted by Crippen LogP contribution is -2.55. The van der Waals surface area contributed by atoms with Gasteiger partial charge in [0, 0.05) is 24.2 Å². The molecule has 0 saturated heterocycles. The van der Waals surface area contributed by atoms with Crippen LogP contribution < -0.4 is 21.3 Å². The minimum absolute atomic E-state index is 0.136. The molecule has 13 nitrogen and oxygen atoms in total. The predicted molar refractivity (Wildman–Crippen MR) is 121 cm³/mol. The van der Waals surface area contributed by atoms with Crippen molar-refractivity contribution in [1.82, 2.24) is 16.0 Å². The van der Waals surface area contributed by atoms with E-state index in [1.54, 1.807) is 13.8 Å². The van der Waals surface area contributed by atoms with E-state index in [2.05, 4.69) is 21.3 Å². The number of benzene rings is 1. The number of nitrogens with zero attached hydrogens (tertiary/aromatic N) is 1. The first kappa shape index (κ1) is 28.0. The summed E-state index contributed by atoms with van der Waals surface area (Å²) in [6, 6.07) is 2.18. The molecule has 3 atom stereocenters. The van der Waals surface area contributed by atoms with Crippen LogP contribution in [0.5, 0.6) is 0 Å². The van der Waals surface area contributed by atoms with Gasteiger partial charge < -0.3 is 26.4 Å². The SMILES string of the molecule is CC(C)[C@H](NC(=O)[C@H](C)NC(=O)[C@H](C)NC(=O)CCC(=O)O)C(=O)Nc1ccc([N+](=O)[O-])cc1. The standard InChI is InChI=1S/C21H29N5O8/c1-11(2)18(21(32)24-14-5-7-15(8-6-14)26(33)34)25-20(31)13(4)23-19(30)12(3)22-16(27)9-10-17(28)29/h5-8,11-13,18H,9-10H2,1-4H3,(H,22,27)(H,23,30)(H,24,32)(H,25,31)(H,28,29)/t12-,13-,18-/m0/s1. The third-order valence-corrected chi connectivity index (χ3v) is 4.68. The lowest BCUT2D eigenvalue weighted by atomic mass is 10.0. The molecule has 13 heteroatoms. The van der Waals surface area contributed by atoms with E-state index in [0.29, 0.717) is 5.69 Å². The summed E-state index contributed by atoms with van der Waals surface area (Å²) in [5.74, 6) is -3.94. The Morgan fingerprint density at radius 1 is 0.853 bits per heavy atom. The number of hydrogen-bond donors (Lipinski definition) is 5. The molecule has 0 unspecified atom stereocenters. The lowest BCUT2D eigenvalue weighted by molar-refractivity contribution is -0.384. The van der Waals surface area contributed by atoms with Gasteiger partial charge in [-0.05, 0) is 31.9 Å². The zero-order valence-corrected chi connectivity index (χ0v) is 19.3. The number of hydrogen-bond acceptors (Lipinski definition) is 7. The topological polar surface area (TPSA) is 197 Å². The van der Waals surface area contributed by atoms with E-state index in [0.717, 1.165) is 0 Å². The van der Waals surface area contributed by atoms with Gasteiger partial charge in [0.1, 0.15) is 18.1 Å². The largest absolute Gasteiger partial charge is 0.481 e. The van der Waals surface area contributed by atoms with Crippen LogP contribution in [0, 0.1) is 16.0 Å². The lowest BCUT2D eigenvalue weighted by Gasteiger charge is -2.24. The van der Waals surface area contributed by atoms with E-state index >= 15 is 0 Å². The fourth-order valence-electron chi connectivity index (χ4n) is 2.70. The van der Waals surface area contributed by atoms with Crippen molar-refractivity contribution < 1.29 is 34.0 Å². The molecular weight excluding hydrogens is 450 g/mol. The number of aliphatic carboxylic acids is 1. The maximum atomic E-state index is 12.7. The number of carbonyl (C=O) groups is 5. The van der Waals surface area contributed by atoms with Crippen LogP contribution in [0.4, 0.5) is 11.4 Å². The van der Waals surface area contributed by atoms with E-state index in [4.69, 9.17) is 5.11 Å². The van der Waals surface area contributed by atoms with Crippen LogP contribution >= 0.6 is 0 Å². The smallest absolute Gasteiger partial charge is 0.303 e. The van der Waals surface area contributed by atoms with Gasteiger partial charge in [-0.3, -0.25) is 34.1 Å². The van der Waals surface area contributed by atoms with Crippen molar-refractivity contribution >= 4 is 41.0 Å². The number of carboxylic acid groups (broad SMARTS) is 1. The van der Waals surface area contributed by atoms with Crippen molar-refractivity contribution in [2.45, 2.75) is 58.7 Å². The van der Waals surface area contributed by atoms with Crippen molar-refractivity contribution in [3.8, 4) is 0 Å². The summed E-state index contributed by atoms with van der Waals surface area (Å²) in [6.07, 6.45) is -0.666. The normalized spacial score (nSPS) is 13.2. The van der Waals surface area contributed by atoms with Gasteiger partial charge in [-0.1, -0.05) is 13.8 Å². The molecule has 4 amide bonds. The maximum Gasteiger partial charge on any atom is 0.303 e. The summed E-state index contributed by atoms with van der Waals surface area (Å²) in [4.78, 5) is 69.8. The number of non-ortho nitro benzene ring substituents is 1. The molecule has 0 bridgehead atoms. The van der Waals surface area contributed by atoms with Gasteiger partial charge >= 0.3 is 5.97 Å². The van der Waals surface area contributed by atoms with Crippen LogP contribution in [0.3, 0.4) is 0 Å². The molecule has 1 rings (SSSR count). The molecule has 0 aliphatic rings. The van der Waals surface area contributed by atoms with Gasteiger partial charge in [0.05, 0.1) is 11.3 Å². The average molecular weight is 479 g/mol. The second-order valence-corrected chi connectivity index (χ2v) is 7.94. The number of anilines is 1. The number of nitro groups is 1. The summed E-state index contributed by atoms with van der Waals surface area (Å²) >= 11 is 0. The number of rotatable bonds is 12. The van der Waals surface area contributed by atoms with Crippen LogP contribution in [0.15, 0.2) is 24.3 Å². The van der Waals surface area contributed by atoms with Gasteiger partial charge in [0.15, 0.2) is 0 Å². The molecular formula is C21H29N5O8. The van der Waals surface area contributed by atoms with Crippen LogP contribution in [0.1, 0.15) is 40.5 Å². The Bertz CT molecular complexity index is 932. The van der Waals surface area contributed by atoms with Crippen LogP contribution in [0.25, 0.3) is 0 Å². The molecule has 0 aliphatic carbocycles. The predicted octanol–water partition coefficient (Wildman–Crippen LogP) is 0.548.